The van der Waals surface area contributed by atoms with Gasteiger partial charge in [-0.2, -0.15) is 5.06 Å². The van der Waals surface area contributed by atoms with Crippen LogP contribution in [-0.4, -0.2) is 5.91 Å². The number of hydrogen-bond acceptors (Lipinski definition) is 3. The van der Waals surface area contributed by atoms with Crippen molar-refractivity contribution < 1.29 is 18.8 Å². The van der Waals surface area contributed by atoms with Crippen LogP contribution in [0, 0.1) is 12.7 Å². The average molecular weight is 379 g/mol. The molecule has 0 fully saturated rings. The summed E-state index contributed by atoms with van der Waals surface area (Å²) in [4.78, 5) is 18.2. The Labute approximate surface area is 164 Å². The largest absolute Gasteiger partial charge is 0.457 e. The Balaban J connectivity index is 1.77. The number of rotatable bonds is 7. The highest BCUT2D eigenvalue weighted by molar-refractivity contribution is 5.92. The molecular weight excluding hydrogens is 357 g/mol. The lowest BCUT2D eigenvalue weighted by Crippen LogP contribution is -2.30. The van der Waals surface area contributed by atoms with Crippen molar-refractivity contribution >= 4 is 11.6 Å². The number of nitrogens with zero attached hydrogens (tertiary/aromatic N) is 1. The van der Waals surface area contributed by atoms with Crippen LogP contribution in [0.2, 0.25) is 0 Å². The van der Waals surface area contributed by atoms with Gasteiger partial charge in [-0.25, -0.2) is 4.39 Å². The van der Waals surface area contributed by atoms with E-state index in [0.29, 0.717) is 30.2 Å². The van der Waals surface area contributed by atoms with E-state index >= 15 is 0 Å². The van der Waals surface area contributed by atoms with E-state index in [1.807, 2.05) is 43.3 Å². The van der Waals surface area contributed by atoms with Crippen LogP contribution in [-0.2, 0) is 16.2 Å². The maximum absolute atomic E-state index is 13.0. The lowest BCUT2D eigenvalue weighted by molar-refractivity contribution is -0.126. The molecule has 0 heterocycles. The number of hydroxylamine groups is 1. The van der Waals surface area contributed by atoms with Gasteiger partial charge in [-0.05, 0) is 60.5 Å². The second-order valence-electron chi connectivity index (χ2n) is 6.30. The van der Waals surface area contributed by atoms with Gasteiger partial charge >= 0.3 is 0 Å². The summed E-state index contributed by atoms with van der Waals surface area (Å²) in [5, 5.41) is 1.34. The van der Waals surface area contributed by atoms with Crippen molar-refractivity contribution in [2.24, 2.45) is 0 Å². The van der Waals surface area contributed by atoms with Gasteiger partial charge in [-0.1, -0.05) is 37.3 Å². The van der Waals surface area contributed by atoms with Crippen LogP contribution in [0.15, 0.2) is 72.8 Å². The number of carbonyl (C=O) groups is 1. The van der Waals surface area contributed by atoms with Gasteiger partial charge in [-0.3, -0.25) is 9.63 Å². The van der Waals surface area contributed by atoms with Crippen molar-refractivity contribution in [3.63, 3.8) is 0 Å². The molecule has 28 heavy (non-hydrogen) atoms. The molecule has 3 aromatic rings. The van der Waals surface area contributed by atoms with Gasteiger partial charge in [0.15, 0.2) is 0 Å². The molecule has 1 amide bonds. The van der Waals surface area contributed by atoms with Gasteiger partial charge in [0, 0.05) is 6.42 Å². The first-order valence-electron chi connectivity index (χ1n) is 9.10. The van der Waals surface area contributed by atoms with E-state index in [1.54, 1.807) is 31.2 Å². The molecule has 0 aliphatic heterocycles. The Morgan fingerprint density at radius 1 is 0.964 bits per heavy atom. The van der Waals surface area contributed by atoms with Crippen molar-refractivity contribution in [3.05, 3.63) is 89.7 Å². The molecule has 0 radical (unpaired) electrons. The van der Waals surface area contributed by atoms with Gasteiger partial charge in [0.05, 0.1) is 5.69 Å². The summed E-state index contributed by atoms with van der Waals surface area (Å²) in [7, 11) is 0. The number of benzene rings is 3. The Morgan fingerprint density at radius 3 is 2.29 bits per heavy atom. The summed E-state index contributed by atoms with van der Waals surface area (Å²) in [5.74, 6) is 0.685. The summed E-state index contributed by atoms with van der Waals surface area (Å²) < 4.78 is 18.8. The fraction of sp³-hybridized carbons (Fsp3) is 0.174. The maximum atomic E-state index is 13.0. The number of aryl methyl sites for hydroxylation is 1. The van der Waals surface area contributed by atoms with Gasteiger partial charge in [0.1, 0.15) is 23.9 Å². The molecule has 5 heteroatoms. The minimum absolute atomic E-state index is 0.133. The monoisotopic (exact) mass is 379 g/mol. The maximum Gasteiger partial charge on any atom is 0.250 e. The normalized spacial score (nSPS) is 10.5. The molecule has 4 nitrogen and oxygen atoms in total. The third kappa shape index (κ3) is 4.96. The molecule has 0 saturated heterocycles. The third-order valence-corrected chi connectivity index (χ3v) is 4.17. The molecule has 0 atom stereocenters. The van der Waals surface area contributed by atoms with Crippen molar-refractivity contribution in [1.29, 1.82) is 0 Å². The van der Waals surface area contributed by atoms with Crippen molar-refractivity contribution in [1.82, 2.24) is 0 Å². The predicted molar refractivity (Wildman–Crippen MR) is 107 cm³/mol. The lowest BCUT2D eigenvalue weighted by Gasteiger charge is -2.23. The van der Waals surface area contributed by atoms with Crippen LogP contribution in [0.3, 0.4) is 0 Å². The molecule has 3 aromatic carbocycles. The number of hydrogen-bond donors (Lipinski definition) is 0. The fourth-order valence-electron chi connectivity index (χ4n) is 2.69. The van der Waals surface area contributed by atoms with E-state index in [0.717, 1.165) is 11.1 Å². The average Bonchev–Trinajstić information content (AvgIpc) is 2.71. The minimum Gasteiger partial charge on any atom is -0.457 e. The van der Waals surface area contributed by atoms with E-state index in [9.17, 15) is 9.18 Å². The van der Waals surface area contributed by atoms with E-state index in [-0.39, 0.29) is 11.7 Å². The fourth-order valence-corrected chi connectivity index (χ4v) is 2.69. The van der Waals surface area contributed by atoms with Crippen molar-refractivity contribution in [2.75, 3.05) is 5.06 Å². The second kappa shape index (κ2) is 9.15. The number of anilines is 1. The minimum atomic E-state index is -0.317. The second-order valence-corrected chi connectivity index (χ2v) is 6.30. The van der Waals surface area contributed by atoms with E-state index in [2.05, 4.69) is 0 Å². The highest BCUT2D eigenvalue weighted by Crippen LogP contribution is 2.29. The van der Waals surface area contributed by atoms with Crippen LogP contribution in [0.5, 0.6) is 11.5 Å². The molecule has 3 rings (SSSR count). The summed E-state index contributed by atoms with van der Waals surface area (Å²) in [5.41, 5.74) is 2.47. The van der Waals surface area contributed by atoms with Crippen molar-refractivity contribution in [2.45, 2.75) is 26.9 Å². The van der Waals surface area contributed by atoms with E-state index in [4.69, 9.17) is 9.57 Å². The molecule has 0 aliphatic rings. The van der Waals surface area contributed by atoms with Crippen LogP contribution >= 0.6 is 0 Å². The molecule has 0 aromatic heterocycles. The number of halogens is 1. The number of carbonyl (C=O) groups excluding carboxylic acids is 1. The zero-order valence-corrected chi connectivity index (χ0v) is 15.9. The van der Waals surface area contributed by atoms with Gasteiger partial charge < -0.3 is 4.74 Å². The Morgan fingerprint density at radius 2 is 1.64 bits per heavy atom. The van der Waals surface area contributed by atoms with Crippen LogP contribution in [0.25, 0.3) is 0 Å². The lowest BCUT2D eigenvalue weighted by atomic mass is 10.2. The van der Waals surface area contributed by atoms with Gasteiger partial charge in [-0.15, -0.1) is 0 Å². The molecular formula is C23H22FNO3. The molecule has 0 N–H and O–H groups in total. The van der Waals surface area contributed by atoms with Crippen LogP contribution < -0.4 is 9.80 Å². The SMILES string of the molecule is CCC(=O)N(OCc1ccccc1)c1ccc(Oc2ccc(F)cc2)cc1C. The Bertz CT molecular complexity index is 926. The standard InChI is InChI=1S/C23H22FNO3/c1-3-23(26)25(27-16-18-7-5-4-6-8-18)22-14-13-21(15-17(22)2)28-20-11-9-19(24)10-12-20/h4-15H,3,16H2,1-2H3. The molecule has 0 unspecified atom stereocenters. The van der Waals surface area contributed by atoms with Crippen LogP contribution in [0.4, 0.5) is 10.1 Å². The number of ether oxygens (including phenoxy) is 1. The first kappa shape index (κ1) is 19.6. The van der Waals surface area contributed by atoms with Gasteiger partial charge in [0.25, 0.3) is 5.91 Å². The highest BCUT2D eigenvalue weighted by Gasteiger charge is 2.18. The number of amides is 1. The zero-order valence-electron chi connectivity index (χ0n) is 15.9. The summed E-state index contributed by atoms with van der Waals surface area (Å²) in [6.07, 6.45) is 0.321. The summed E-state index contributed by atoms with van der Waals surface area (Å²) in [6, 6.07) is 20.9. The van der Waals surface area contributed by atoms with E-state index in [1.165, 1.54) is 17.2 Å². The summed E-state index contributed by atoms with van der Waals surface area (Å²) >= 11 is 0. The predicted octanol–water partition coefficient (Wildman–Crippen LogP) is 5.80. The summed E-state index contributed by atoms with van der Waals surface area (Å²) in [6.45, 7) is 3.97. The first-order valence-corrected chi connectivity index (χ1v) is 9.10. The topological polar surface area (TPSA) is 38.8 Å². The van der Waals surface area contributed by atoms with Crippen LogP contribution in [0.1, 0.15) is 24.5 Å². The molecule has 0 saturated carbocycles. The molecule has 0 bridgehead atoms. The molecule has 0 aliphatic carbocycles. The highest BCUT2D eigenvalue weighted by atomic mass is 19.1. The Hall–Kier alpha value is -3.18. The molecule has 0 spiro atoms. The zero-order chi connectivity index (χ0) is 19.9. The first-order chi connectivity index (χ1) is 13.6. The van der Waals surface area contributed by atoms with E-state index < -0.39 is 0 Å². The third-order valence-electron chi connectivity index (χ3n) is 4.17. The Kier molecular flexibility index (Phi) is 6.40. The smallest absolute Gasteiger partial charge is 0.250 e. The molecule has 144 valence electrons. The quantitative estimate of drug-likeness (QED) is 0.487. The van der Waals surface area contributed by atoms with Gasteiger partial charge in [0.2, 0.25) is 0 Å². The van der Waals surface area contributed by atoms with Crippen molar-refractivity contribution in [3.8, 4) is 11.5 Å².